The number of carboxylic acids is 1. The highest BCUT2D eigenvalue weighted by atomic mass is 16.5. The minimum absolute atomic E-state index is 0.119. The van der Waals surface area contributed by atoms with Gasteiger partial charge in [0.1, 0.15) is 18.4 Å². The van der Waals surface area contributed by atoms with E-state index in [0.717, 1.165) is 0 Å². The van der Waals surface area contributed by atoms with Gasteiger partial charge in [0, 0.05) is 5.57 Å². The molecule has 0 radical (unpaired) electrons. The molecular weight excluding hydrogens is 210 g/mol. The number of allylic oxidation sites excluding steroid dienone is 1. The van der Waals surface area contributed by atoms with Crippen molar-refractivity contribution in [3.63, 3.8) is 0 Å². The number of aliphatic hydroxyl groups excluding tert-OH is 1. The zero-order valence-electron chi connectivity index (χ0n) is 9.69. The molecule has 0 saturated heterocycles. The third-order valence-electron chi connectivity index (χ3n) is 1.94. The first-order valence-electron chi connectivity index (χ1n) is 5.11. The minimum atomic E-state index is -1.01. The summed E-state index contributed by atoms with van der Waals surface area (Å²) in [6.07, 6.45) is 2.45. The Morgan fingerprint density at radius 2 is 2.25 bits per heavy atom. The zero-order chi connectivity index (χ0) is 12.6. The third kappa shape index (κ3) is 4.46. The molecule has 5 heteroatoms. The summed E-state index contributed by atoms with van der Waals surface area (Å²) in [4.78, 5) is 10.9. The van der Waals surface area contributed by atoms with Crippen LogP contribution in [0.3, 0.4) is 0 Å². The zero-order valence-corrected chi connectivity index (χ0v) is 9.69. The Morgan fingerprint density at radius 1 is 1.62 bits per heavy atom. The van der Waals surface area contributed by atoms with Crippen LogP contribution in [-0.4, -0.2) is 42.5 Å². The van der Waals surface area contributed by atoms with Gasteiger partial charge in [0.15, 0.2) is 0 Å². The first-order chi connectivity index (χ1) is 7.58. The van der Waals surface area contributed by atoms with E-state index in [-0.39, 0.29) is 13.2 Å². The molecule has 0 fully saturated rings. The van der Waals surface area contributed by atoms with Crippen molar-refractivity contribution < 1.29 is 19.7 Å². The highest BCUT2D eigenvalue weighted by Crippen LogP contribution is 2.15. The highest BCUT2D eigenvalue weighted by Gasteiger charge is 2.22. The van der Waals surface area contributed by atoms with Gasteiger partial charge >= 0.3 is 5.97 Å². The van der Waals surface area contributed by atoms with Crippen LogP contribution in [0.5, 0.6) is 0 Å². The number of likely N-dealkylation sites (N-methyl/N-ethyl adjacent to an activating group) is 1. The number of aliphatic hydroxyl groups is 1. The Hall–Kier alpha value is -1.33. The lowest BCUT2D eigenvalue weighted by Gasteiger charge is -2.17. The van der Waals surface area contributed by atoms with Gasteiger partial charge in [-0.15, -0.1) is 0 Å². The Morgan fingerprint density at radius 3 is 2.62 bits per heavy atom. The SMILES string of the molecule is C=C(/C(=C\CC)OCCO)C(NC)C(=O)O. The van der Waals surface area contributed by atoms with Crippen molar-refractivity contribution in [2.24, 2.45) is 0 Å². The monoisotopic (exact) mass is 229 g/mol. The molecule has 92 valence electrons. The van der Waals surface area contributed by atoms with Gasteiger partial charge in [-0.25, -0.2) is 0 Å². The largest absolute Gasteiger partial charge is 0.491 e. The number of aliphatic carboxylic acids is 1. The topological polar surface area (TPSA) is 78.8 Å². The van der Waals surface area contributed by atoms with Crippen LogP contribution in [0, 0.1) is 0 Å². The number of rotatable bonds is 8. The van der Waals surface area contributed by atoms with E-state index in [2.05, 4.69) is 11.9 Å². The molecule has 0 aliphatic carbocycles. The molecule has 0 saturated carbocycles. The van der Waals surface area contributed by atoms with Crippen molar-refractivity contribution >= 4 is 5.97 Å². The lowest BCUT2D eigenvalue weighted by atomic mass is 10.1. The summed E-state index contributed by atoms with van der Waals surface area (Å²) >= 11 is 0. The number of hydrogen-bond acceptors (Lipinski definition) is 4. The molecule has 0 bridgehead atoms. The molecule has 1 atom stereocenters. The van der Waals surface area contributed by atoms with Gasteiger partial charge in [-0.05, 0) is 19.5 Å². The van der Waals surface area contributed by atoms with Crippen molar-refractivity contribution in [3.8, 4) is 0 Å². The summed E-state index contributed by atoms with van der Waals surface area (Å²) in [6, 6.07) is -0.878. The highest BCUT2D eigenvalue weighted by molar-refractivity contribution is 5.78. The normalized spacial score (nSPS) is 13.3. The first kappa shape index (κ1) is 14.7. The summed E-state index contributed by atoms with van der Waals surface area (Å²) in [6.45, 7) is 5.61. The van der Waals surface area contributed by atoms with E-state index in [0.29, 0.717) is 17.8 Å². The molecule has 16 heavy (non-hydrogen) atoms. The fourth-order valence-corrected chi connectivity index (χ4v) is 1.21. The summed E-state index contributed by atoms with van der Waals surface area (Å²) < 4.78 is 5.23. The van der Waals surface area contributed by atoms with Crippen LogP contribution in [-0.2, 0) is 9.53 Å². The van der Waals surface area contributed by atoms with Gasteiger partial charge in [-0.3, -0.25) is 4.79 Å². The molecule has 0 aliphatic heterocycles. The molecule has 0 spiro atoms. The van der Waals surface area contributed by atoms with Crippen molar-refractivity contribution in [2.45, 2.75) is 19.4 Å². The third-order valence-corrected chi connectivity index (χ3v) is 1.94. The number of ether oxygens (including phenoxy) is 1. The van der Waals surface area contributed by atoms with Crippen molar-refractivity contribution in [1.82, 2.24) is 5.32 Å². The van der Waals surface area contributed by atoms with Crippen LogP contribution in [0.15, 0.2) is 24.0 Å². The Balaban J connectivity index is 4.71. The molecule has 0 aromatic heterocycles. The van der Waals surface area contributed by atoms with E-state index in [1.807, 2.05) is 6.92 Å². The van der Waals surface area contributed by atoms with E-state index in [1.54, 1.807) is 13.1 Å². The number of nitrogens with one attached hydrogen (secondary N) is 1. The van der Waals surface area contributed by atoms with Gasteiger partial charge in [0.2, 0.25) is 0 Å². The standard InChI is InChI=1S/C11H19NO4/c1-4-5-9(16-7-6-13)8(2)10(12-3)11(14)15/h5,10,12-13H,2,4,6-7H2,1,3H3,(H,14,15)/b9-5+. The number of carbonyl (C=O) groups is 1. The van der Waals surface area contributed by atoms with Crippen molar-refractivity contribution in [2.75, 3.05) is 20.3 Å². The molecule has 0 amide bonds. The fourth-order valence-electron chi connectivity index (χ4n) is 1.21. The second-order valence-corrected chi connectivity index (χ2v) is 3.13. The lowest BCUT2D eigenvalue weighted by Crippen LogP contribution is -2.36. The van der Waals surface area contributed by atoms with Crippen molar-refractivity contribution in [1.29, 1.82) is 0 Å². The Kier molecular flexibility index (Phi) is 7.24. The molecule has 3 N–H and O–H groups in total. The predicted molar refractivity (Wildman–Crippen MR) is 61.0 cm³/mol. The molecule has 0 rings (SSSR count). The predicted octanol–water partition coefficient (Wildman–Crippen LogP) is 0.518. The summed E-state index contributed by atoms with van der Waals surface area (Å²) in [5.74, 6) is -0.597. The van der Waals surface area contributed by atoms with Gasteiger partial charge in [-0.2, -0.15) is 0 Å². The number of hydrogen-bond donors (Lipinski definition) is 3. The van der Waals surface area contributed by atoms with E-state index in [9.17, 15) is 4.79 Å². The second kappa shape index (κ2) is 7.90. The van der Waals surface area contributed by atoms with Crippen LogP contribution in [0.1, 0.15) is 13.3 Å². The van der Waals surface area contributed by atoms with Gasteiger partial charge in [0.25, 0.3) is 0 Å². The average molecular weight is 229 g/mol. The average Bonchev–Trinajstić information content (AvgIpc) is 2.24. The van der Waals surface area contributed by atoms with E-state index in [4.69, 9.17) is 14.9 Å². The molecule has 0 aliphatic rings. The Bertz CT molecular complexity index is 273. The summed E-state index contributed by atoms with van der Waals surface area (Å²) in [5, 5.41) is 20.2. The van der Waals surface area contributed by atoms with Crippen LogP contribution >= 0.6 is 0 Å². The first-order valence-corrected chi connectivity index (χ1v) is 5.11. The number of carboxylic acid groups (broad SMARTS) is 1. The fraction of sp³-hybridized carbons (Fsp3) is 0.545. The van der Waals surface area contributed by atoms with Crippen LogP contribution < -0.4 is 5.32 Å². The van der Waals surface area contributed by atoms with Gasteiger partial charge in [-0.1, -0.05) is 13.5 Å². The lowest BCUT2D eigenvalue weighted by molar-refractivity contribution is -0.138. The smallest absolute Gasteiger partial charge is 0.325 e. The van der Waals surface area contributed by atoms with E-state index < -0.39 is 12.0 Å². The maximum absolute atomic E-state index is 10.9. The van der Waals surface area contributed by atoms with Crippen molar-refractivity contribution in [3.05, 3.63) is 24.0 Å². The molecule has 0 heterocycles. The quantitative estimate of drug-likeness (QED) is 0.417. The summed E-state index contributed by atoms with van der Waals surface area (Å²) in [5.41, 5.74) is 0.352. The van der Waals surface area contributed by atoms with Crippen LogP contribution in [0.25, 0.3) is 0 Å². The van der Waals surface area contributed by atoms with E-state index >= 15 is 0 Å². The molecule has 0 aromatic rings. The molecular formula is C11H19NO4. The van der Waals surface area contributed by atoms with Crippen LogP contribution in [0.4, 0.5) is 0 Å². The maximum Gasteiger partial charge on any atom is 0.325 e. The summed E-state index contributed by atoms with van der Waals surface area (Å²) in [7, 11) is 1.54. The van der Waals surface area contributed by atoms with Gasteiger partial charge < -0.3 is 20.3 Å². The molecule has 1 unspecified atom stereocenters. The Labute approximate surface area is 95.4 Å². The molecule has 0 aromatic carbocycles. The van der Waals surface area contributed by atoms with Crippen LogP contribution in [0.2, 0.25) is 0 Å². The van der Waals surface area contributed by atoms with E-state index in [1.165, 1.54) is 0 Å². The second-order valence-electron chi connectivity index (χ2n) is 3.13. The maximum atomic E-state index is 10.9. The molecule has 5 nitrogen and oxygen atoms in total. The minimum Gasteiger partial charge on any atom is -0.491 e. The van der Waals surface area contributed by atoms with Gasteiger partial charge in [0.05, 0.1) is 6.61 Å².